The molecular weight excluding hydrogens is 268 g/mol. The predicted octanol–water partition coefficient (Wildman–Crippen LogP) is 3.90. The van der Waals surface area contributed by atoms with Gasteiger partial charge in [-0.2, -0.15) is 0 Å². The molecule has 0 bridgehead atoms. The Hall–Kier alpha value is -1.45. The summed E-state index contributed by atoms with van der Waals surface area (Å²) >= 11 is 6.09. The molecule has 100 valence electrons. The second kappa shape index (κ2) is 6.13. The molecule has 0 amide bonds. The van der Waals surface area contributed by atoms with Gasteiger partial charge < -0.3 is 5.73 Å². The van der Waals surface area contributed by atoms with Crippen molar-refractivity contribution in [1.82, 2.24) is 0 Å². The van der Waals surface area contributed by atoms with Crippen LogP contribution in [-0.2, 0) is 6.42 Å². The van der Waals surface area contributed by atoms with E-state index in [-0.39, 0.29) is 5.92 Å². The monoisotopic (exact) mass is 281 g/mol. The van der Waals surface area contributed by atoms with E-state index in [4.69, 9.17) is 17.3 Å². The summed E-state index contributed by atoms with van der Waals surface area (Å²) in [5, 5.41) is 0.656. The van der Waals surface area contributed by atoms with Crippen LogP contribution in [0.5, 0.6) is 0 Å². The smallest absolute Gasteiger partial charge is 0.159 e. The molecule has 1 unspecified atom stereocenters. The summed E-state index contributed by atoms with van der Waals surface area (Å²) in [6.45, 7) is 0.344. The van der Waals surface area contributed by atoms with Crippen molar-refractivity contribution in [3.05, 3.63) is 70.2 Å². The van der Waals surface area contributed by atoms with Gasteiger partial charge >= 0.3 is 0 Å². The Kier molecular flexibility index (Phi) is 4.51. The Labute approximate surface area is 116 Å². The first-order valence-electron chi connectivity index (χ1n) is 6.00. The zero-order valence-electron chi connectivity index (χ0n) is 10.2. The van der Waals surface area contributed by atoms with Crippen molar-refractivity contribution in [3.8, 4) is 0 Å². The summed E-state index contributed by atoms with van der Waals surface area (Å²) in [4.78, 5) is 0. The molecule has 0 aliphatic heterocycles. The summed E-state index contributed by atoms with van der Waals surface area (Å²) in [5.41, 5.74) is 7.36. The van der Waals surface area contributed by atoms with Crippen molar-refractivity contribution in [2.75, 3.05) is 6.54 Å². The van der Waals surface area contributed by atoms with Crippen molar-refractivity contribution in [2.45, 2.75) is 12.3 Å². The molecule has 4 heteroatoms. The number of nitrogens with two attached hydrogens (primary N) is 1. The maximum absolute atomic E-state index is 13.3. The van der Waals surface area contributed by atoms with Gasteiger partial charge in [-0.3, -0.25) is 0 Å². The van der Waals surface area contributed by atoms with Crippen molar-refractivity contribution in [3.63, 3.8) is 0 Å². The molecule has 0 heterocycles. The van der Waals surface area contributed by atoms with Crippen LogP contribution in [0.25, 0.3) is 0 Å². The van der Waals surface area contributed by atoms with Gasteiger partial charge in [0.1, 0.15) is 0 Å². The summed E-state index contributed by atoms with van der Waals surface area (Å²) in [6, 6.07) is 11.3. The first-order chi connectivity index (χ1) is 9.11. The van der Waals surface area contributed by atoms with Crippen LogP contribution in [0.15, 0.2) is 42.5 Å². The second-order valence-corrected chi connectivity index (χ2v) is 4.81. The topological polar surface area (TPSA) is 26.0 Å². The third kappa shape index (κ3) is 3.31. The average Bonchev–Trinajstić information content (AvgIpc) is 2.41. The van der Waals surface area contributed by atoms with Crippen molar-refractivity contribution in [2.24, 2.45) is 5.73 Å². The first-order valence-corrected chi connectivity index (χ1v) is 6.38. The molecule has 2 aromatic rings. The minimum atomic E-state index is -0.852. The van der Waals surface area contributed by atoms with Crippen LogP contribution in [0.1, 0.15) is 17.0 Å². The van der Waals surface area contributed by atoms with E-state index in [2.05, 4.69) is 0 Å². The Bertz CT molecular complexity index is 572. The molecule has 0 aromatic heterocycles. The van der Waals surface area contributed by atoms with E-state index < -0.39 is 11.6 Å². The van der Waals surface area contributed by atoms with Crippen LogP contribution in [0.4, 0.5) is 8.78 Å². The molecule has 1 atom stereocenters. The normalized spacial score (nSPS) is 12.4. The van der Waals surface area contributed by atoms with Crippen molar-refractivity contribution in [1.29, 1.82) is 0 Å². The van der Waals surface area contributed by atoms with Crippen LogP contribution in [0, 0.1) is 11.6 Å². The van der Waals surface area contributed by atoms with E-state index in [1.165, 1.54) is 6.07 Å². The van der Waals surface area contributed by atoms with E-state index in [9.17, 15) is 8.78 Å². The Morgan fingerprint density at radius 3 is 2.42 bits per heavy atom. The quantitative estimate of drug-likeness (QED) is 0.904. The molecule has 2 aromatic carbocycles. The molecule has 2 rings (SSSR count). The molecule has 0 fully saturated rings. The lowest BCUT2D eigenvalue weighted by Gasteiger charge is -2.16. The molecule has 0 saturated heterocycles. The van der Waals surface area contributed by atoms with Crippen LogP contribution in [0.3, 0.4) is 0 Å². The fourth-order valence-electron chi connectivity index (χ4n) is 2.03. The van der Waals surface area contributed by atoms with Gasteiger partial charge in [0.05, 0.1) is 0 Å². The van der Waals surface area contributed by atoms with Crippen molar-refractivity contribution < 1.29 is 8.78 Å². The fourth-order valence-corrected chi connectivity index (χ4v) is 2.25. The largest absolute Gasteiger partial charge is 0.330 e. The van der Waals surface area contributed by atoms with E-state index in [1.54, 1.807) is 12.1 Å². The third-order valence-electron chi connectivity index (χ3n) is 3.12. The number of hydrogen-bond donors (Lipinski definition) is 1. The first kappa shape index (κ1) is 14.0. The van der Waals surface area contributed by atoms with Gasteiger partial charge in [-0.15, -0.1) is 0 Å². The van der Waals surface area contributed by atoms with Gasteiger partial charge in [0.15, 0.2) is 11.6 Å². The highest BCUT2D eigenvalue weighted by Gasteiger charge is 2.14. The van der Waals surface area contributed by atoms with E-state index in [0.717, 1.165) is 11.6 Å². The SMILES string of the molecule is NCC(Cc1ccccc1Cl)c1ccc(F)c(F)c1. The molecule has 19 heavy (non-hydrogen) atoms. The minimum Gasteiger partial charge on any atom is -0.330 e. The zero-order valence-corrected chi connectivity index (χ0v) is 11.0. The van der Waals surface area contributed by atoms with E-state index >= 15 is 0 Å². The molecular formula is C15H14ClF2N. The van der Waals surface area contributed by atoms with Gasteiger partial charge in [-0.05, 0) is 42.3 Å². The van der Waals surface area contributed by atoms with Crippen LogP contribution >= 0.6 is 11.6 Å². The van der Waals surface area contributed by atoms with Gasteiger partial charge in [-0.1, -0.05) is 35.9 Å². The number of hydrogen-bond acceptors (Lipinski definition) is 1. The second-order valence-electron chi connectivity index (χ2n) is 4.40. The summed E-state index contributed by atoms with van der Waals surface area (Å²) < 4.78 is 26.2. The van der Waals surface area contributed by atoms with E-state index in [0.29, 0.717) is 23.6 Å². The number of rotatable bonds is 4. The molecule has 0 spiro atoms. The number of benzene rings is 2. The molecule has 0 radical (unpaired) electrons. The van der Waals surface area contributed by atoms with Crippen LogP contribution < -0.4 is 5.73 Å². The van der Waals surface area contributed by atoms with E-state index in [1.807, 2.05) is 18.2 Å². The highest BCUT2D eigenvalue weighted by atomic mass is 35.5. The molecule has 2 N–H and O–H groups in total. The van der Waals surface area contributed by atoms with Gasteiger partial charge in [-0.25, -0.2) is 8.78 Å². The Morgan fingerprint density at radius 2 is 1.79 bits per heavy atom. The minimum absolute atomic E-state index is 0.0880. The lowest BCUT2D eigenvalue weighted by Crippen LogP contribution is -2.15. The van der Waals surface area contributed by atoms with Crippen LogP contribution in [-0.4, -0.2) is 6.54 Å². The summed E-state index contributed by atoms with van der Waals surface area (Å²) in [7, 11) is 0. The van der Waals surface area contributed by atoms with Crippen LogP contribution in [0.2, 0.25) is 5.02 Å². The molecule has 1 nitrogen and oxygen atoms in total. The lowest BCUT2D eigenvalue weighted by molar-refractivity contribution is 0.505. The summed E-state index contributed by atoms with van der Waals surface area (Å²) in [5.74, 6) is -1.79. The highest BCUT2D eigenvalue weighted by Crippen LogP contribution is 2.25. The third-order valence-corrected chi connectivity index (χ3v) is 3.49. The van der Waals surface area contributed by atoms with Gasteiger partial charge in [0, 0.05) is 10.9 Å². The van der Waals surface area contributed by atoms with Gasteiger partial charge in [0.25, 0.3) is 0 Å². The Balaban J connectivity index is 2.25. The summed E-state index contributed by atoms with van der Waals surface area (Å²) in [6.07, 6.45) is 0.598. The fraction of sp³-hybridized carbons (Fsp3) is 0.200. The standard InChI is InChI=1S/C15H14ClF2N/c16-13-4-2-1-3-11(13)7-12(9-19)10-5-6-14(17)15(18)8-10/h1-6,8,12H,7,9,19H2. The molecule has 0 saturated carbocycles. The maximum atomic E-state index is 13.3. The highest BCUT2D eigenvalue weighted by molar-refractivity contribution is 6.31. The van der Waals surface area contributed by atoms with Gasteiger partial charge in [0.2, 0.25) is 0 Å². The zero-order chi connectivity index (χ0) is 13.8. The predicted molar refractivity (Wildman–Crippen MR) is 73.3 cm³/mol. The number of halogens is 3. The molecule has 0 aliphatic rings. The lowest BCUT2D eigenvalue weighted by atomic mass is 9.92. The maximum Gasteiger partial charge on any atom is 0.159 e. The Morgan fingerprint density at radius 1 is 1.05 bits per heavy atom. The molecule has 0 aliphatic carbocycles. The van der Waals surface area contributed by atoms with Crippen molar-refractivity contribution >= 4 is 11.6 Å². The average molecular weight is 282 g/mol.